The molecule has 0 spiro atoms. The van der Waals surface area contributed by atoms with Crippen molar-refractivity contribution in [3.63, 3.8) is 0 Å². The molecule has 0 nitrogen and oxygen atoms in total. The second kappa shape index (κ2) is 4.99. The molecule has 98 valence electrons. The Labute approximate surface area is 133 Å². The van der Waals surface area contributed by atoms with Gasteiger partial charge in [-0.25, -0.2) is 0 Å². The van der Waals surface area contributed by atoms with Gasteiger partial charge in [0.05, 0.1) is 4.83 Å². The van der Waals surface area contributed by atoms with Crippen molar-refractivity contribution in [2.75, 3.05) is 0 Å². The lowest BCUT2D eigenvalue weighted by Gasteiger charge is -2.11. The lowest BCUT2D eigenvalue weighted by Crippen LogP contribution is -1.91. The van der Waals surface area contributed by atoms with Crippen molar-refractivity contribution in [1.82, 2.24) is 0 Å². The van der Waals surface area contributed by atoms with E-state index in [0.717, 1.165) is 0 Å². The Morgan fingerprint density at radius 3 is 2.65 bits per heavy atom. The van der Waals surface area contributed by atoms with Gasteiger partial charge >= 0.3 is 0 Å². The largest absolute Gasteiger partial charge is 0.143 e. The maximum atomic E-state index is 3.89. The average Bonchev–Trinajstić information content (AvgIpc) is 3.07. The van der Waals surface area contributed by atoms with Crippen LogP contribution in [0.4, 0.5) is 0 Å². The minimum Gasteiger partial charge on any atom is -0.143 e. The molecule has 0 saturated carbocycles. The maximum absolute atomic E-state index is 3.89. The van der Waals surface area contributed by atoms with Gasteiger partial charge in [0.2, 0.25) is 0 Å². The van der Waals surface area contributed by atoms with Gasteiger partial charge in [-0.2, -0.15) is 0 Å². The van der Waals surface area contributed by atoms with Gasteiger partial charge in [-0.3, -0.25) is 0 Å². The van der Waals surface area contributed by atoms with Crippen molar-refractivity contribution in [2.45, 2.75) is 4.83 Å². The molecule has 0 aliphatic rings. The van der Waals surface area contributed by atoms with Gasteiger partial charge in [0.15, 0.2) is 0 Å². The molecule has 2 heterocycles. The third-order valence-electron chi connectivity index (χ3n) is 3.50. The molecule has 0 saturated heterocycles. The number of hydrogen-bond acceptors (Lipinski definition) is 2. The summed E-state index contributed by atoms with van der Waals surface area (Å²) in [4.78, 5) is 1.64. The zero-order chi connectivity index (χ0) is 13.5. The summed E-state index contributed by atoms with van der Waals surface area (Å²) in [5.41, 5.74) is 1.34. The van der Waals surface area contributed by atoms with Crippen molar-refractivity contribution in [2.24, 2.45) is 0 Å². The summed E-state index contributed by atoms with van der Waals surface area (Å²) in [6, 6.07) is 19.6. The molecule has 2 aromatic carbocycles. The lowest BCUT2D eigenvalue weighted by molar-refractivity contribution is 1.25. The van der Waals surface area contributed by atoms with Crippen LogP contribution >= 0.6 is 38.6 Å². The summed E-state index contributed by atoms with van der Waals surface area (Å²) in [5.74, 6) is 0. The van der Waals surface area contributed by atoms with Gasteiger partial charge in [0, 0.05) is 14.3 Å². The summed E-state index contributed by atoms with van der Waals surface area (Å²) in [6.07, 6.45) is 0. The van der Waals surface area contributed by atoms with Crippen LogP contribution in [0.25, 0.3) is 20.2 Å². The van der Waals surface area contributed by atoms with Crippen LogP contribution in [0.3, 0.4) is 0 Å². The fraction of sp³-hybridized carbons (Fsp3) is 0.0588. The number of benzene rings is 2. The minimum atomic E-state index is 0.262. The highest BCUT2D eigenvalue weighted by molar-refractivity contribution is 9.09. The van der Waals surface area contributed by atoms with Crippen molar-refractivity contribution >= 4 is 58.8 Å². The Morgan fingerprint density at radius 2 is 1.75 bits per heavy atom. The first-order chi connectivity index (χ1) is 9.83. The van der Waals surface area contributed by atoms with E-state index in [9.17, 15) is 0 Å². The van der Waals surface area contributed by atoms with Crippen LogP contribution in [0.2, 0.25) is 0 Å². The van der Waals surface area contributed by atoms with Crippen LogP contribution in [0.15, 0.2) is 60.0 Å². The molecule has 0 aliphatic heterocycles. The van der Waals surface area contributed by atoms with Crippen LogP contribution in [0.1, 0.15) is 15.3 Å². The molecule has 0 N–H and O–H groups in total. The van der Waals surface area contributed by atoms with Crippen LogP contribution in [-0.2, 0) is 0 Å². The van der Waals surface area contributed by atoms with Crippen LogP contribution in [0, 0.1) is 0 Å². The normalized spacial score (nSPS) is 13.1. The zero-order valence-electron chi connectivity index (χ0n) is 10.5. The van der Waals surface area contributed by atoms with Gasteiger partial charge in [-0.15, -0.1) is 22.7 Å². The van der Waals surface area contributed by atoms with E-state index in [1.807, 2.05) is 22.7 Å². The Kier molecular flexibility index (Phi) is 3.14. The molecule has 0 bridgehead atoms. The van der Waals surface area contributed by atoms with E-state index in [2.05, 4.69) is 75.9 Å². The summed E-state index contributed by atoms with van der Waals surface area (Å²) >= 11 is 7.59. The number of rotatable bonds is 2. The predicted octanol–water partition coefficient (Wildman–Crippen LogP) is 6.60. The second-order valence-electron chi connectivity index (χ2n) is 4.73. The summed E-state index contributed by atoms with van der Waals surface area (Å²) < 4.78 is 2.77. The monoisotopic (exact) mass is 358 g/mol. The third-order valence-corrected chi connectivity index (χ3v) is 6.95. The lowest BCUT2D eigenvalue weighted by atomic mass is 10.0. The number of fused-ring (bicyclic) bond motifs is 2. The molecule has 0 radical (unpaired) electrons. The molecule has 0 amide bonds. The first-order valence-electron chi connectivity index (χ1n) is 6.41. The Balaban J connectivity index is 1.87. The topological polar surface area (TPSA) is 0 Å². The molecule has 0 aliphatic carbocycles. The summed E-state index contributed by atoms with van der Waals surface area (Å²) in [6.45, 7) is 0. The molecule has 2 aromatic heterocycles. The van der Waals surface area contributed by atoms with Crippen molar-refractivity contribution in [1.29, 1.82) is 0 Å². The fourth-order valence-corrected chi connectivity index (χ4v) is 5.46. The standard InChI is InChI=1S/C17H11BrS2/c18-17(16-10-15-14(20-16)8-9-19-15)13-7-3-5-11-4-1-2-6-12(11)13/h1-10,17H. The van der Waals surface area contributed by atoms with E-state index in [-0.39, 0.29) is 4.83 Å². The maximum Gasteiger partial charge on any atom is 0.0744 e. The molecule has 1 atom stereocenters. The van der Waals surface area contributed by atoms with Gasteiger partial charge in [0.25, 0.3) is 0 Å². The molecular weight excluding hydrogens is 348 g/mol. The molecular formula is C17H11BrS2. The minimum absolute atomic E-state index is 0.262. The van der Waals surface area contributed by atoms with E-state index in [1.165, 1.54) is 30.6 Å². The summed E-state index contributed by atoms with van der Waals surface area (Å²) in [7, 11) is 0. The van der Waals surface area contributed by atoms with E-state index in [0.29, 0.717) is 0 Å². The number of alkyl halides is 1. The third kappa shape index (κ3) is 2.01. The fourth-order valence-electron chi connectivity index (χ4n) is 2.53. The summed E-state index contributed by atoms with van der Waals surface area (Å²) in [5, 5.41) is 4.79. The molecule has 1 unspecified atom stereocenters. The van der Waals surface area contributed by atoms with Gasteiger partial charge in [0.1, 0.15) is 0 Å². The van der Waals surface area contributed by atoms with Crippen LogP contribution < -0.4 is 0 Å². The van der Waals surface area contributed by atoms with Crippen molar-refractivity contribution in [3.05, 3.63) is 70.4 Å². The molecule has 0 fully saturated rings. The van der Waals surface area contributed by atoms with Gasteiger partial charge in [-0.05, 0) is 33.8 Å². The van der Waals surface area contributed by atoms with Crippen LogP contribution in [0.5, 0.6) is 0 Å². The molecule has 4 rings (SSSR count). The number of halogens is 1. The first kappa shape index (κ1) is 12.6. The molecule has 3 heteroatoms. The highest BCUT2D eigenvalue weighted by Crippen LogP contribution is 2.41. The van der Waals surface area contributed by atoms with Crippen molar-refractivity contribution in [3.8, 4) is 0 Å². The number of hydrogen-bond donors (Lipinski definition) is 0. The Hall–Kier alpha value is -1.16. The van der Waals surface area contributed by atoms with Crippen molar-refractivity contribution < 1.29 is 0 Å². The average molecular weight is 359 g/mol. The Morgan fingerprint density at radius 1 is 0.900 bits per heavy atom. The number of thiophene rings is 2. The van der Waals surface area contributed by atoms with E-state index < -0.39 is 0 Å². The highest BCUT2D eigenvalue weighted by Gasteiger charge is 2.16. The molecule has 20 heavy (non-hydrogen) atoms. The van der Waals surface area contributed by atoms with E-state index >= 15 is 0 Å². The quantitative estimate of drug-likeness (QED) is 0.354. The second-order valence-corrected chi connectivity index (χ2v) is 7.71. The Bertz CT molecular complexity index is 854. The van der Waals surface area contributed by atoms with Crippen LogP contribution in [-0.4, -0.2) is 0 Å². The zero-order valence-corrected chi connectivity index (χ0v) is 13.8. The van der Waals surface area contributed by atoms with E-state index in [1.54, 1.807) is 0 Å². The SMILES string of the molecule is BrC(c1cc2sccc2s1)c1cccc2ccccc12. The first-order valence-corrected chi connectivity index (χ1v) is 9.03. The molecule has 4 aromatic rings. The smallest absolute Gasteiger partial charge is 0.0744 e. The van der Waals surface area contributed by atoms with Gasteiger partial charge in [-0.1, -0.05) is 58.4 Å². The highest BCUT2D eigenvalue weighted by atomic mass is 79.9. The van der Waals surface area contributed by atoms with E-state index in [4.69, 9.17) is 0 Å². The predicted molar refractivity (Wildman–Crippen MR) is 94.4 cm³/mol. The van der Waals surface area contributed by atoms with Gasteiger partial charge < -0.3 is 0 Å².